The number of rotatable bonds is 5. The van der Waals surface area contributed by atoms with Crippen LogP contribution in [0.5, 0.6) is 5.75 Å². The van der Waals surface area contributed by atoms with Gasteiger partial charge in [0.2, 0.25) is 5.78 Å². The predicted octanol–water partition coefficient (Wildman–Crippen LogP) is 1.77. The van der Waals surface area contributed by atoms with Crippen molar-refractivity contribution in [1.29, 1.82) is 0 Å². The molecule has 0 saturated carbocycles. The second kappa shape index (κ2) is 7.00. The van der Waals surface area contributed by atoms with Crippen molar-refractivity contribution in [2.45, 2.75) is 13.5 Å². The summed E-state index contributed by atoms with van der Waals surface area (Å²) in [6.45, 7) is 3.19. The highest BCUT2D eigenvalue weighted by Crippen LogP contribution is 2.27. The number of methoxy groups -OCH3 is 1. The Morgan fingerprint density at radius 1 is 1.21 bits per heavy atom. The molecule has 152 valence electrons. The minimum absolute atomic E-state index is 0.362. The number of benzene rings is 1. The molecule has 0 radical (unpaired) electrons. The third-order valence-electron chi connectivity index (χ3n) is 5.07. The van der Waals surface area contributed by atoms with Crippen molar-refractivity contribution in [3.63, 3.8) is 0 Å². The van der Waals surface area contributed by atoms with E-state index in [0.29, 0.717) is 40.8 Å². The molecule has 1 aromatic carbocycles. The predicted molar refractivity (Wildman–Crippen MR) is 112 cm³/mol. The molecule has 0 bridgehead atoms. The number of nitrogens with zero attached hydrogens (tertiary/aromatic N) is 5. The van der Waals surface area contributed by atoms with Gasteiger partial charge in [0.25, 0.3) is 5.56 Å². The van der Waals surface area contributed by atoms with Crippen molar-refractivity contribution in [3.8, 4) is 5.75 Å². The average Bonchev–Trinajstić information content (AvgIpc) is 3.20. The van der Waals surface area contributed by atoms with Gasteiger partial charge < -0.3 is 14.6 Å². The Morgan fingerprint density at radius 2 is 1.97 bits per heavy atom. The molecule has 9 nitrogen and oxygen atoms in total. The van der Waals surface area contributed by atoms with E-state index in [1.807, 2.05) is 29.8 Å². The van der Waals surface area contributed by atoms with Crippen LogP contribution < -0.4 is 21.3 Å². The van der Waals surface area contributed by atoms with Crippen molar-refractivity contribution in [3.05, 3.63) is 56.0 Å². The van der Waals surface area contributed by atoms with E-state index in [2.05, 4.69) is 10.3 Å². The van der Waals surface area contributed by atoms with Crippen molar-refractivity contribution in [2.24, 2.45) is 14.1 Å². The van der Waals surface area contributed by atoms with Gasteiger partial charge in [-0.1, -0.05) is 11.6 Å². The number of imidazole rings is 2. The Labute approximate surface area is 170 Å². The zero-order chi connectivity index (χ0) is 20.9. The van der Waals surface area contributed by atoms with Crippen molar-refractivity contribution in [1.82, 2.24) is 23.1 Å². The smallest absolute Gasteiger partial charge is 0.332 e. The topological polar surface area (TPSA) is 87.5 Å². The van der Waals surface area contributed by atoms with Crippen LogP contribution in [-0.2, 0) is 20.6 Å². The Morgan fingerprint density at radius 3 is 2.66 bits per heavy atom. The summed E-state index contributed by atoms with van der Waals surface area (Å²) in [6, 6.07) is 5.51. The van der Waals surface area contributed by atoms with Crippen LogP contribution in [0.4, 0.5) is 5.69 Å². The van der Waals surface area contributed by atoms with Crippen LogP contribution in [0, 0.1) is 6.92 Å². The molecule has 0 atom stereocenters. The fourth-order valence-electron chi connectivity index (χ4n) is 3.49. The maximum absolute atomic E-state index is 12.6. The summed E-state index contributed by atoms with van der Waals surface area (Å²) < 4.78 is 11.4. The minimum Gasteiger partial charge on any atom is -0.495 e. The number of hydrogen-bond donors (Lipinski definition) is 1. The molecular weight excluding hydrogens is 396 g/mol. The molecule has 4 rings (SSSR count). The maximum Gasteiger partial charge on any atom is 0.332 e. The van der Waals surface area contributed by atoms with Gasteiger partial charge in [-0.15, -0.1) is 0 Å². The summed E-state index contributed by atoms with van der Waals surface area (Å²) in [6.07, 6.45) is 1.86. The van der Waals surface area contributed by atoms with Gasteiger partial charge >= 0.3 is 5.69 Å². The number of nitrogens with one attached hydrogen (secondary N) is 1. The minimum atomic E-state index is -0.399. The Kier molecular flexibility index (Phi) is 4.62. The molecule has 4 aromatic rings. The first-order valence-electron chi connectivity index (χ1n) is 9.04. The zero-order valence-electron chi connectivity index (χ0n) is 16.6. The van der Waals surface area contributed by atoms with E-state index in [9.17, 15) is 9.59 Å². The first-order valence-corrected chi connectivity index (χ1v) is 9.42. The number of aryl methyl sites for hydroxylation is 2. The van der Waals surface area contributed by atoms with E-state index in [0.717, 1.165) is 15.9 Å². The third-order valence-corrected chi connectivity index (χ3v) is 5.37. The molecule has 3 heterocycles. The van der Waals surface area contributed by atoms with Crippen molar-refractivity contribution < 1.29 is 4.74 Å². The molecule has 0 unspecified atom stereocenters. The van der Waals surface area contributed by atoms with Crippen LogP contribution in [0.1, 0.15) is 5.69 Å². The van der Waals surface area contributed by atoms with Crippen molar-refractivity contribution in [2.75, 3.05) is 19.0 Å². The summed E-state index contributed by atoms with van der Waals surface area (Å²) >= 11 is 6.17. The Hall–Kier alpha value is -3.20. The van der Waals surface area contributed by atoms with Crippen LogP contribution in [0.25, 0.3) is 16.9 Å². The van der Waals surface area contributed by atoms with Gasteiger partial charge in [0.15, 0.2) is 11.2 Å². The summed E-state index contributed by atoms with van der Waals surface area (Å²) in [5.74, 6) is 1.24. The Bertz CT molecular complexity index is 1360. The lowest BCUT2D eigenvalue weighted by Gasteiger charge is -2.10. The van der Waals surface area contributed by atoms with Crippen LogP contribution >= 0.6 is 11.6 Å². The largest absolute Gasteiger partial charge is 0.495 e. The lowest BCUT2D eigenvalue weighted by Crippen LogP contribution is -2.37. The molecule has 0 aliphatic rings. The molecule has 3 aromatic heterocycles. The molecule has 0 fully saturated rings. The van der Waals surface area contributed by atoms with Gasteiger partial charge in [0, 0.05) is 44.8 Å². The SMILES string of the molecule is COc1ccc(NCCn2c(C)cn3c4c(=O)n(C)c(=O)n(C)c4nc23)cc1Cl. The van der Waals surface area contributed by atoms with E-state index in [4.69, 9.17) is 16.3 Å². The number of aromatic nitrogens is 5. The van der Waals surface area contributed by atoms with E-state index in [-0.39, 0.29) is 5.56 Å². The van der Waals surface area contributed by atoms with E-state index < -0.39 is 5.69 Å². The summed E-state index contributed by atoms with van der Waals surface area (Å²) in [5, 5.41) is 3.86. The normalized spacial score (nSPS) is 11.5. The molecule has 1 N–H and O–H groups in total. The zero-order valence-corrected chi connectivity index (χ0v) is 17.3. The van der Waals surface area contributed by atoms with E-state index in [1.54, 1.807) is 24.6 Å². The standard InChI is InChI=1S/C19H21ClN6O3/c1-11-10-26-15-16(23(2)19(28)24(3)17(15)27)22-18(26)25(11)8-7-21-12-5-6-14(29-4)13(20)9-12/h5-6,9-10,21H,7-8H2,1-4H3. The van der Waals surface area contributed by atoms with Crippen LogP contribution in [0.2, 0.25) is 5.02 Å². The van der Waals surface area contributed by atoms with Gasteiger partial charge in [0.05, 0.1) is 12.1 Å². The molecule has 0 aliphatic heterocycles. The number of halogens is 1. The number of fused-ring (bicyclic) bond motifs is 3. The summed E-state index contributed by atoms with van der Waals surface area (Å²) in [4.78, 5) is 29.4. The van der Waals surface area contributed by atoms with Crippen LogP contribution in [0.15, 0.2) is 34.0 Å². The molecule has 10 heteroatoms. The second-order valence-electron chi connectivity index (χ2n) is 6.86. The van der Waals surface area contributed by atoms with Crippen LogP contribution in [0.3, 0.4) is 0 Å². The first-order chi connectivity index (χ1) is 13.8. The number of ether oxygens (including phenoxy) is 1. The molecule has 0 aliphatic carbocycles. The first kappa shape index (κ1) is 19.1. The third kappa shape index (κ3) is 2.98. The quantitative estimate of drug-likeness (QED) is 0.535. The summed E-state index contributed by atoms with van der Waals surface area (Å²) in [7, 11) is 4.66. The van der Waals surface area contributed by atoms with E-state index >= 15 is 0 Å². The molecule has 29 heavy (non-hydrogen) atoms. The average molecular weight is 417 g/mol. The molecule has 0 amide bonds. The summed E-state index contributed by atoms with van der Waals surface area (Å²) in [5.41, 5.74) is 1.84. The molecular formula is C19H21ClN6O3. The lowest BCUT2D eigenvalue weighted by atomic mass is 10.3. The fraction of sp³-hybridized carbons (Fsp3) is 0.316. The highest BCUT2D eigenvalue weighted by molar-refractivity contribution is 6.32. The van der Waals surface area contributed by atoms with E-state index in [1.165, 1.54) is 11.6 Å². The maximum atomic E-state index is 12.6. The number of anilines is 1. The Balaban J connectivity index is 1.68. The lowest BCUT2D eigenvalue weighted by molar-refractivity contribution is 0.415. The van der Waals surface area contributed by atoms with Gasteiger partial charge in [-0.25, -0.2) is 4.79 Å². The van der Waals surface area contributed by atoms with Gasteiger partial charge in [-0.3, -0.25) is 18.3 Å². The highest BCUT2D eigenvalue weighted by atomic mass is 35.5. The number of hydrogen-bond acceptors (Lipinski definition) is 5. The highest BCUT2D eigenvalue weighted by Gasteiger charge is 2.18. The second-order valence-corrected chi connectivity index (χ2v) is 7.27. The van der Waals surface area contributed by atoms with Crippen LogP contribution in [-0.4, -0.2) is 36.7 Å². The molecule has 0 saturated heterocycles. The monoisotopic (exact) mass is 416 g/mol. The molecule has 0 spiro atoms. The van der Waals surface area contributed by atoms with Gasteiger partial charge in [-0.05, 0) is 25.1 Å². The van der Waals surface area contributed by atoms with Gasteiger partial charge in [0.1, 0.15) is 5.75 Å². The fourth-order valence-corrected chi connectivity index (χ4v) is 3.75. The van der Waals surface area contributed by atoms with Crippen molar-refractivity contribution >= 4 is 34.2 Å². The van der Waals surface area contributed by atoms with Gasteiger partial charge in [-0.2, -0.15) is 4.98 Å².